The molecule has 2 aromatic heterocycles. The molecule has 1 aromatic carbocycles. The van der Waals surface area contributed by atoms with E-state index in [1.54, 1.807) is 24.7 Å². The first-order chi connectivity index (χ1) is 13.8. The summed E-state index contributed by atoms with van der Waals surface area (Å²) in [6.07, 6.45) is 3.45. The molecule has 9 heteroatoms. The number of nitrogens with one attached hydrogen (secondary N) is 1. The smallest absolute Gasteiger partial charge is 0.334 e. The first kappa shape index (κ1) is 20.3. The number of anilines is 2. The van der Waals surface area contributed by atoms with E-state index in [0.717, 1.165) is 22.4 Å². The van der Waals surface area contributed by atoms with Crippen LogP contribution in [-0.4, -0.2) is 48.1 Å². The minimum atomic E-state index is -1.50. The molecule has 0 saturated carbocycles. The number of aryl methyl sites for hydroxylation is 1. The fraction of sp³-hybridized carbons (Fsp3) is 0.300. The molecule has 2 heterocycles. The highest BCUT2D eigenvalue weighted by atomic mass is 16.5. The topological polar surface area (TPSA) is 122 Å². The maximum atomic E-state index is 10.8. The molecule has 3 N–H and O–H groups in total. The predicted molar refractivity (Wildman–Crippen MR) is 107 cm³/mol. The lowest BCUT2D eigenvalue weighted by Crippen LogP contribution is -2.25. The quantitative estimate of drug-likeness (QED) is 0.530. The minimum Gasteiger partial charge on any atom is -0.479 e. The van der Waals surface area contributed by atoms with Crippen molar-refractivity contribution < 1.29 is 19.7 Å². The normalized spacial score (nSPS) is 12.0. The number of aliphatic hydroxyl groups is 1. The van der Waals surface area contributed by atoms with Crippen LogP contribution in [0.2, 0.25) is 0 Å². The van der Waals surface area contributed by atoms with Crippen molar-refractivity contribution in [2.75, 3.05) is 5.32 Å². The molecule has 1 unspecified atom stereocenters. The summed E-state index contributed by atoms with van der Waals surface area (Å²) in [4.78, 5) is 19.4. The van der Waals surface area contributed by atoms with Crippen LogP contribution in [0.25, 0.3) is 11.1 Å². The van der Waals surface area contributed by atoms with Crippen LogP contribution in [-0.2, 0) is 11.3 Å². The van der Waals surface area contributed by atoms with E-state index >= 15 is 0 Å². The highest BCUT2D eigenvalue weighted by Gasteiger charge is 2.15. The SMILES string of the molecule is Cc1cc(Nc2nccc(OC(C)C)n2)cc(-c2cnn(CC(O)C(=O)O)c2)c1. The third-order valence-corrected chi connectivity index (χ3v) is 3.93. The molecular formula is C20H23N5O4. The van der Waals surface area contributed by atoms with E-state index in [9.17, 15) is 9.90 Å². The first-order valence-corrected chi connectivity index (χ1v) is 9.12. The third kappa shape index (κ3) is 5.52. The Bertz CT molecular complexity index is 1000. The lowest BCUT2D eigenvalue weighted by atomic mass is 10.1. The number of carboxylic acid groups (broad SMARTS) is 1. The summed E-state index contributed by atoms with van der Waals surface area (Å²) in [6.45, 7) is 5.70. The van der Waals surface area contributed by atoms with Crippen LogP contribution in [0.15, 0.2) is 42.9 Å². The van der Waals surface area contributed by atoms with E-state index in [2.05, 4.69) is 20.4 Å². The third-order valence-electron chi connectivity index (χ3n) is 3.93. The van der Waals surface area contributed by atoms with Gasteiger partial charge in [0.15, 0.2) is 6.10 Å². The van der Waals surface area contributed by atoms with E-state index in [1.807, 2.05) is 39.0 Å². The van der Waals surface area contributed by atoms with E-state index in [-0.39, 0.29) is 12.6 Å². The van der Waals surface area contributed by atoms with Gasteiger partial charge in [0.1, 0.15) is 0 Å². The second kappa shape index (κ2) is 8.70. The van der Waals surface area contributed by atoms with Gasteiger partial charge in [0.25, 0.3) is 0 Å². The zero-order valence-electron chi connectivity index (χ0n) is 16.4. The average Bonchev–Trinajstić information content (AvgIpc) is 3.09. The molecule has 9 nitrogen and oxygen atoms in total. The zero-order chi connectivity index (χ0) is 21.0. The Kier molecular flexibility index (Phi) is 6.08. The number of rotatable bonds is 8. The van der Waals surface area contributed by atoms with Crippen LogP contribution >= 0.6 is 0 Å². The molecule has 0 radical (unpaired) electrons. The summed E-state index contributed by atoms with van der Waals surface area (Å²) >= 11 is 0. The second-order valence-corrected chi connectivity index (χ2v) is 6.90. The van der Waals surface area contributed by atoms with Gasteiger partial charge in [0.05, 0.1) is 18.8 Å². The van der Waals surface area contributed by atoms with E-state index in [0.29, 0.717) is 11.8 Å². The molecule has 0 fully saturated rings. The first-order valence-electron chi connectivity index (χ1n) is 9.12. The number of carboxylic acids is 1. The van der Waals surface area contributed by atoms with Gasteiger partial charge in [0, 0.05) is 29.7 Å². The number of aliphatic carboxylic acids is 1. The molecule has 0 saturated heterocycles. The Balaban J connectivity index is 1.80. The van der Waals surface area contributed by atoms with Crippen molar-refractivity contribution in [2.24, 2.45) is 0 Å². The Morgan fingerprint density at radius 3 is 2.79 bits per heavy atom. The fourth-order valence-corrected chi connectivity index (χ4v) is 2.73. The fourth-order valence-electron chi connectivity index (χ4n) is 2.73. The molecule has 0 aliphatic heterocycles. The summed E-state index contributed by atoms with van der Waals surface area (Å²) in [5.41, 5.74) is 3.49. The van der Waals surface area contributed by atoms with E-state index in [1.165, 1.54) is 4.68 Å². The average molecular weight is 397 g/mol. The van der Waals surface area contributed by atoms with Gasteiger partial charge >= 0.3 is 5.97 Å². The van der Waals surface area contributed by atoms with Gasteiger partial charge in [-0.1, -0.05) is 6.07 Å². The largest absolute Gasteiger partial charge is 0.479 e. The summed E-state index contributed by atoms with van der Waals surface area (Å²) < 4.78 is 7.00. The maximum Gasteiger partial charge on any atom is 0.334 e. The maximum absolute atomic E-state index is 10.8. The number of nitrogens with zero attached hydrogens (tertiary/aromatic N) is 4. The predicted octanol–water partition coefficient (Wildman–Crippen LogP) is 2.62. The Morgan fingerprint density at radius 1 is 1.28 bits per heavy atom. The summed E-state index contributed by atoms with van der Waals surface area (Å²) in [5, 5.41) is 25.6. The van der Waals surface area contributed by atoms with Crippen LogP contribution in [0.1, 0.15) is 19.4 Å². The second-order valence-electron chi connectivity index (χ2n) is 6.90. The molecule has 3 rings (SSSR count). The van der Waals surface area contributed by atoms with Crippen molar-refractivity contribution in [2.45, 2.75) is 39.5 Å². The number of hydrogen-bond donors (Lipinski definition) is 3. The van der Waals surface area contributed by atoms with Gasteiger partial charge in [-0.05, 0) is 44.0 Å². The lowest BCUT2D eigenvalue weighted by molar-refractivity contribution is -0.147. The molecule has 0 spiro atoms. The summed E-state index contributed by atoms with van der Waals surface area (Å²) in [6, 6.07) is 7.56. The molecule has 152 valence electrons. The van der Waals surface area contributed by atoms with Gasteiger partial charge < -0.3 is 20.3 Å². The van der Waals surface area contributed by atoms with Gasteiger partial charge in [-0.15, -0.1) is 0 Å². The van der Waals surface area contributed by atoms with E-state index < -0.39 is 12.1 Å². The lowest BCUT2D eigenvalue weighted by Gasteiger charge is -2.11. The Hall–Kier alpha value is -3.46. The molecule has 3 aromatic rings. The Morgan fingerprint density at radius 2 is 2.07 bits per heavy atom. The minimum absolute atomic E-state index is 0.0134. The number of benzene rings is 1. The highest BCUT2D eigenvalue weighted by molar-refractivity contribution is 5.72. The molecular weight excluding hydrogens is 374 g/mol. The number of ether oxygens (including phenoxy) is 1. The number of aliphatic hydroxyl groups excluding tert-OH is 1. The van der Waals surface area contributed by atoms with Crippen LogP contribution in [0.4, 0.5) is 11.6 Å². The summed E-state index contributed by atoms with van der Waals surface area (Å²) in [7, 11) is 0. The molecule has 0 aliphatic rings. The number of hydrogen-bond acceptors (Lipinski definition) is 7. The van der Waals surface area contributed by atoms with Gasteiger partial charge in [0.2, 0.25) is 11.8 Å². The molecule has 1 atom stereocenters. The van der Waals surface area contributed by atoms with Gasteiger partial charge in [-0.3, -0.25) is 4.68 Å². The monoisotopic (exact) mass is 397 g/mol. The van der Waals surface area contributed by atoms with E-state index in [4.69, 9.17) is 9.84 Å². The van der Waals surface area contributed by atoms with Crippen molar-refractivity contribution in [3.05, 3.63) is 48.4 Å². The standard InChI is InChI=1S/C20H23N5O4/c1-12(2)29-18-4-5-21-20(24-18)23-16-7-13(3)6-14(8-16)15-9-22-25(10-15)11-17(26)19(27)28/h4-10,12,17,26H,11H2,1-3H3,(H,27,28)(H,21,23,24). The summed E-state index contributed by atoms with van der Waals surface area (Å²) in [5.74, 6) is -0.378. The molecule has 0 amide bonds. The van der Waals surface area contributed by atoms with Crippen molar-refractivity contribution >= 4 is 17.6 Å². The van der Waals surface area contributed by atoms with Gasteiger partial charge in [-0.2, -0.15) is 10.1 Å². The van der Waals surface area contributed by atoms with Crippen LogP contribution < -0.4 is 10.1 Å². The molecule has 29 heavy (non-hydrogen) atoms. The van der Waals surface area contributed by atoms with Crippen molar-refractivity contribution in [1.29, 1.82) is 0 Å². The van der Waals surface area contributed by atoms with Crippen molar-refractivity contribution in [3.63, 3.8) is 0 Å². The number of carbonyl (C=O) groups is 1. The van der Waals surface area contributed by atoms with Crippen molar-refractivity contribution in [3.8, 4) is 17.0 Å². The zero-order valence-corrected chi connectivity index (χ0v) is 16.4. The van der Waals surface area contributed by atoms with Gasteiger partial charge in [-0.25, -0.2) is 9.78 Å². The number of aromatic nitrogens is 4. The van der Waals surface area contributed by atoms with Crippen LogP contribution in [0.3, 0.4) is 0 Å². The highest BCUT2D eigenvalue weighted by Crippen LogP contribution is 2.26. The van der Waals surface area contributed by atoms with Crippen LogP contribution in [0, 0.1) is 6.92 Å². The van der Waals surface area contributed by atoms with Crippen LogP contribution in [0.5, 0.6) is 5.88 Å². The van der Waals surface area contributed by atoms with Crippen molar-refractivity contribution in [1.82, 2.24) is 19.7 Å². The molecule has 0 aliphatic carbocycles. The molecule has 0 bridgehead atoms. The Labute approximate surface area is 168 Å².